The van der Waals surface area contributed by atoms with E-state index in [0.717, 1.165) is 31.2 Å². The van der Waals surface area contributed by atoms with Crippen molar-refractivity contribution in [2.24, 2.45) is 5.92 Å². The van der Waals surface area contributed by atoms with Crippen LogP contribution in [0.4, 0.5) is 11.4 Å². The number of amides is 1. The lowest BCUT2D eigenvalue weighted by molar-refractivity contribution is 0.0986. The normalized spacial score (nSPS) is 17.7. The van der Waals surface area contributed by atoms with E-state index in [1.807, 2.05) is 23.1 Å². The van der Waals surface area contributed by atoms with Gasteiger partial charge in [0.05, 0.1) is 23.1 Å². The highest BCUT2D eigenvalue weighted by Crippen LogP contribution is 2.37. The van der Waals surface area contributed by atoms with Gasteiger partial charge in [-0.1, -0.05) is 12.1 Å². The lowest BCUT2D eigenvalue weighted by Crippen LogP contribution is -2.44. The molecule has 5 heteroatoms. The van der Waals surface area contributed by atoms with Gasteiger partial charge in [-0.15, -0.1) is 0 Å². The first kappa shape index (κ1) is 12.4. The third-order valence-electron chi connectivity index (χ3n) is 4.27. The molecule has 4 rings (SSSR count). The van der Waals surface area contributed by atoms with Gasteiger partial charge in [-0.3, -0.25) is 9.89 Å². The molecule has 1 saturated carbocycles. The Hall–Kier alpha value is -2.30. The summed E-state index contributed by atoms with van der Waals surface area (Å²) in [7, 11) is 0. The molecule has 1 aromatic carbocycles. The number of carbonyl (C=O) groups excluding carboxylic acids is 1. The maximum absolute atomic E-state index is 12.6. The Kier molecular flexibility index (Phi) is 2.91. The topological polar surface area (TPSA) is 52.2 Å². The number of H-pyrrole nitrogens is 1. The summed E-state index contributed by atoms with van der Waals surface area (Å²) >= 11 is 0. The molecule has 1 aliphatic carbocycles. The summed E-state index contributed by atoms with van der Waals surface area (Å²) in [6.07, 6.45) is 5.93. The van der Waals surface area contributed by atoms with Gasteiger partial charge in [0.15, 0.2) is 0 Å². The predicted molar refractivity (Wildman–Crippen MR) is 81.6 cm³/mol. The van der Waals surface area contributed by atoms with Crippen LogP contribution in [0.1, 0.15) is 23.2 Å². The van der Waals surface area contributed by atoms with Crippen molar-refractivity contribution in [1.29, 1.82) is 0 Å². The molecule has 0 bridgehead atoms. The smallest absolute Gasteiger partial charge is 0.261 e. The van der Waals surface area contributed by atoms with Crippen molar-refractivity contribution in [1.82, 2.24) is 10.2 Å². The number of hydrogen-bond donors (Lipinski definition) is 1. The Morgan fingerprint density at radius 1 is 1.24 bits per heavy atom. The monoisotopic (exact) mass is 282 g/mol. The van der Waals surface area contributed by atoms with Crippen LogP contribution >= 0.6 is 0 Å². The standard InChI is InChI=1S/C16H18N4O/c21-16(13-9-17-18-10-13)20-8-7-19(11-12-5-6-12)14-3-1-2-4-15(14)20/h1-4,9-10,12H,5-8,11H2,(H,17,18). The SMILES string of the molecule is O=C(c1cn[nH]c1)N1CCN(CC2CC2)c2ccccc21. The first-order valence-corrected chi connectivity index (χ1v) is 7.47. The van der Waals surface area contributed by atoms with Crippen LogP contribution in [-0.2, 0) is 0 Å². The zero-order valence-corrected chi connectivity index (χ0v) is 11.8. The molecule has 21 heavy (non-hydrogen) atoms. The molecular weight excluding hydrogens is 264 g/mol. The summed E-state index contributed by atoms with van der Waals surface area (Å²) in [4.78, 5) is 16.9. The minimum atomic E-state index is 0.0160. The molecule has 0 atom stereocenters. The van der Waals surface area contributed by atoms with Gasteiger partial charge < -0.3 is 9.80 Å². The van der Waals surface area contributed by atoms with Crippen LogP contribution in [0.3, 0.4) is 0 Å². The Labute approximate surface area is 123 Å². The molecule has 0 radical (unpaired) electrons. The molecule has 1 aliphatic heterocycles. The number of nitrogens with zero attached hydrogens (tertiary/aromatic N) is 3. The second kappa shape index (κ2) is 4.91. The van der Waals surface area contributed by atoms with Crippen molar-refractivity contribution in [2.75, 3.05) is 29.4 Å². The Bertz CT molecular complexity index is 648. The van der Waals surface area contributed by atoms with E-state index in [9.17, 15) is 4.79 Å². The fourth-order valence-corrected chi connectivity index (χ4v) is 2.96. The number of rotatable bonds is 3. The molecule has 1 amide bonds. The summed E-state index contributed by atoms with van der Waals surface area (Å²) in [6.45, 7) is 2.75. The summed E-state index contributed by atoms with van der Waals surface area (Å²) < 4.78 is 0. The lowest BCUT2D eigenvalue weighted by Gasteiger charge is -2.37. The van der Waals surface area contributed by atoms with Crippen molar-refractivity contribution < 1.29 is 4.79 Å². The van der Waals surface area contributed by atoms with Crippen LogP contribution in [0.2, 0.25) is 0 Å². The van der Waals surface area contributed by atoms with E-state index in [-0.39, 0.29) is 5.91 Å². The third-order valence-corrected chi connectivity index (χ3v) is 4.27. The van der Waals surface area contributed by atoms with Gasteiger partial charge in [-0.05, 0) is 30.9 Å². The van der Waals surface area contributed by atoms with Crippen molar-refractivity contribution in [3.05, 3.63) is 42.2 Å². The molecule has 1 aromatic heterocycles. The molecule has 1 N–H and O–H groups in total. The Morgan fingerprint density at radius 2 is 2.05 bits per heavy atom. The third kappa shape index (κ3) is 2.28. The van der Waals surface area contributed by atoms with Gasteiger partial charge in [-0.2, -0.15) is 5.10 Å². The Morgan fingerprint density at radius 3 is 2.76 bits per heavy atom. The molecular formula is C16H18N4O. The zero-order chi connectivity index (χ0) is 14.2. The molecule has 2 aliphatic rings. The van der Waals surface area contributed by atoms with Crippen molar-refractivity contribution in [3.8, 4) is 0 Å². The number of hydrogen-bond acceptors (Lipinski definition) is 3. The van der Waals surface area contributed by atoms with Gasteiger partial charge in [0.2, 0.25) is 0 Å². The van der Waals surface area contributed by atoms with E-state index in [0.29, 0.717) is 5.56 Å². The molecule has 108 valence electrons. The molecule has 0 saturated heterocycles. The summed E-state index contributed by atoms with van der Waals surface area (Å²) in [6, 6.07) is 8.19. The van der Waals surface area contributed by atoms with E-state index in [4.69, 9.17) is 0 Å². The number of aromatic nitrogens is 2. The van der Waals surface area contributed by atoms with Crippen molar-refractivity contribution in [3.63, 3.8) is 0 Å². The van der Waals surface area contributed by atoms with Crippen LogP contribution in [-0.4, -0.2) is 35.7 Å². The first-order valence-electron chi connectivity index (χ1n) is 7.47. The minimum Gasteiger partial charge on any atom is -0.368 e. The average Bonchev–Trinajstić information content (AvgIpc) is 3.16. The van der Waals surface area contributed by atoms with E-state index in [1.54, 1.807) is 12.4 Å². The maximum atomic E-state index is 12.6. The van der Waals surface area contributed by atoms with E-state index >= 15 is 0 Å². The predicted octanol–water partition coefficient (Wildman–Crippen LogP) is 2.29. The van der Waals surface area contributed by atoms with Crippen LogP contribution in [0.25, 0.3) is 0 Å². The van der Waals surface area contributed by atoms with E-state index < -0.39 is 0 Å². The number of aromatic amines is 1. The van der Waals surface area contributed by atoms with Crippen molar-refractivity contribution >= 4 is 17.3 Å². The van der Waals surface area contributed by atoms with E-state index in [1.165, 1.54) is 18.5 Å². The van der Waals surface area contributed by atoms with E-state index in [2.05, 4.69) is 21.2 Å². The molecule has 5 nitrogen and oxygen atoms in total. The second-order valence-corrected chi connectivity index (χ2v) is 5.82. The summed E-state index contributed by atoms with van der Waals surface area (Å²) in [5, 5.41) is 6.58. The van der Waals surface area contributed by atoms with Gasteiger partial charge in [0, 0.05) is 25.8 Å². The second-order valence-electron chi connectivity index (χ2n) is 5.82. The summed E-state index contributed by atoms with van der Waals surface area (Å²) in [5.74, 6) is 0.858. The first-order chi connectivity index (χ1) is 10.3. The number of benzene rings is 1. The number of anilines is 2. The maximum Gasteiger partial charge on any atom is 0.261 e. The largest absolute Gasteiger partial charge is 0.368 e. The number of carbonyl (C=O) groups is 1. The van der Waals surface area contributed by atoms with Gasteiger partial charge in [0.1, 0.15) is 0 Å². The highest BCUT2D eigenvalue weighted by Gasteiger charge is 2.31. The van der Waals surface area contributed by atoms with Crippen LogP contribution < -0.4 is 9.80 Å². The fourth-order valence-electron chi connectivity index (χ4n) is 2.96. The molecule has 2 heterocycles. The zero-order valence-electron chi connectivity index (χ0n) is 11.8. The number of fused-ring (bicyclic) bond motifs is 1. The quantitative estimate of drug-likeness (QED) is 0.939. The summed E-state index contributed by atoms with van der Waals surface area (Å²) in [5.41, 5.74) is 2.79. The number of nitrogens with one attached hydrogen (secondary N) is 1. The van der Waals surface area contributed by atoms with Crippen LogP contribution in [0.15, 0.2) is 36.7 Å². The molecule has 0 unspecified atom stereocenters. The molecule has 0 spiro atoms. The molecule has 1 fully saturated rings. The minimum absolute atomic E-state index is 0.0160. The highest BCUT2D eigenvalue weighted by atomic mass is 16.2. The van der Waals surface area contributed by atoms with Crippen molar-refractivity contribution in [2.45, 2.75) is 12.8 Å². The fraction of sp³-hybridized carbons (Fsp3) is 0.375. The average molecular weight is 282 g/mol. The van der Waals surface area contributed by atoms with Gasteiger partial charge >= 0.3 is 0 Å². The Balaban J connectivity index is 1.65. The van der Waals surface area contributed by atoms with Gasteiger partial charge in [0.25, 0.3) is 5.91 Å². The van der Waals surface area contributed by atoms with Crippen LogP contribution in [0.5, 0.6) is 0 Å². The highest BCUT2D eigenvalue weighted by molar-refractivity contribution is 6.08. The number of para-hydroxylation sites is 2. The van der Waals surface area contributed by atoms with Crippen LogP contribution in [0, 0.1) is 5.92 Å². The lowest BCUT2D eigenvalue weighted by atomic mass is 10.1. The molecule has 2 aromatic rings. The van der Waals surface area contributed by atoms with Gasteiger partial charge in [-0.25, -0.2) is 0 Å².